The highest BCUT2D eigenvalue weighted by atomic mass is 32.2. The van der Waals surface area contributed by atoms with Crippen molar-refractivity contribution in [3.8, 4) is 11.8 Å². The molecule has 0 radical (unpaired) electrons. The summed E-state index contributed by atoms with van der Waals surface area (Å²) in [6, 6.07) is 16.1. The quantitative estimate of drug-likeness (QED) is 0.299. The van der Waals surface area contributed by atoms with Gasteiger partial charge in [-0.3, -0.25) is 0 Å². The van der Waals surface area contributed by atoms with Crippen molar-refractivity contribution in [1.82, 2.24) is 19.9 Å². The van der Waals surface area contributed by atoms with Crippen LogP contribution in [0.3, 0.4) is 0 Å². The van der Waals surface area contributed by atoms with Crippen molar-refractivity contribution < 1.29 is 0 Å². The lowest BCUT2D eigenvalue weighted by Gasteiger charge is -2.02. The van der Waals surface area contributed by atoms with Crippen LogP contribution in [0.15, 0.2) is 71.2 Å². The number of hydrogen-bond acceptors (Lipinski definition) is 6. The van der Waals surface area contributed by atoms with Gasteiger partial charge in [0, 0.05) is 10.8 Å². The second kappa shape index (κ2) is 8.17. The van der Waals surface area contributed by atoms with E-state index in [-0.39, 0.29) is 0 Å². The molecule has 0 atom stereocenters. The van der Waals surface area contributed by atoms with E-state index in [9.17, 15) is 0 Å². The van der Waals surface area contributed by atoms with Gasteiger partial charge in [0.25, 0.3) is 0 Å². The minimum absolute atomic E-state index is 0.700. The topological polar surface area (TPSA) is 51.6 Å². The fourth-order valence-corrected chi connectivity index (χ4v) is 4.02. The molecule has 0 unspecified atom stereocenters. The molecule has 0 bridgehead atoms. The van der Waals surface area contributed by atoms with Crippen molar-refractivity contribution in [3.05, 3.63) is 61.2 Å². The minimum atomic E-state index is 0.700. The predicted octanol–water partition coefficient (Wildman–Crippen LogP) is 4.46. The zero-order valence-electron chi connectivity index (χ0n) is 13.8. The van der Waals surface area contributed by atoms with E-state index in [2.05, 4.69) is 31.8 Å². The summed E-state index contributed by atoms with van der Waals surface area (Å²) in [4.78, 5) is 17.3. The van der Waals surface area contributed by atoms with Gasteiger partial charge >= 0.3 is 0 Å². The lowest BCUT2D eigenvalue weighted by atomic mass is 10.2. The van der Waals surface area contributed by atoms with Gasteiger partial charge in [-0.25, -0.2) is 19.9 Å². The maximum absolute atomic E-state index is 4.37. The highest BCUT2D eigenvalue weighted by molar-refractivity contribution is 8.00. The first-order valence-electron chi connectivity index (χ1n) is 8.02. The summed E-state index contributed by atoms with van der Waals surface area (Å²) in [6.45, 7) is 0. The van der Waals surface area contributed by atoms with Crippen LogP contribution in [0.5, 0.6) is 0 Å². The van der Waals surface area contributed by atoms with Crippen LogP contribution in [-0.2, 0) is 0 Å². The highest BCUT2D eigenvalue weighted by Gasteiger charge is 2.03. The van der Waals surface area contributed by atoms with Gasteiger partial charge in [-0.05, 0) is 12.1 Å². The number of benzene rings is 2. The molecule has 0 saturated carbocycles. The minimum Gasteiger partial charge on any atom is -0.236 e. The van der Waals surface area contributed by atoms with E-state index in [0.717, 1.165) is 31.9 Å². The zero-order chi connectivity index (χ0) is 17.6. The monoisotopic (exact) mass is 374 g/mol. The third-order valence-corrected chi connectivity index (χ3v) is 5.47. The van der Waals surface area contributed by atoms with Crippen LogP contribution < -0.4 is 0 Å². The molecule has 0 amide bonds. The number of thioether (sulfide) groups is 2. The summed E-state index contributed by atoms with van der Waals surface area (Å²) >= 11 is 3.28. The maximum Gasteiger partial charge on any atom is 0.117 e. The largest absolute Gasteiger partial charge is 0.236 e. The molecule has 0 fully saturated rings. The second-order valence-corrected chi connectivity index (χ2v) is 7.25. The summed E-state index contributed by atoms with van der Waals surface area (Å²) in [5.74, 6) is 7.81. The fraction of sp³-hybridized carbons (Fsp3) is 0.100. The molecule has 0 aliphatic heterocycles. The first-order valence-corrected chi connectivity index (χ1v) is 10.00. The fourth-order valence-electron chi connectivity index (χ4n) is 2.50. The van der Waals surface area contributed by atoms with E-state index in [0.29, 0.717) is 11.5 Å². The summed E-state index contributed by atoms with van der Waals surface area (Å²) in [5.41, 5.74) is 1.92. The summed E-state index contributed by atoms with van der Waals surface area (Å²) < 4.78 is 0. The van der Waals surface area contributed by atoms with Gasteiger partial charge in [-0.2, -0.15) is 0 Å². The Morgan fingerprint density at radius 2 is 1.08 bits per heavy atom. The first-order chi connectivity index (χ1) is 12.9. The first kappa shape index (κ1) is 16.8. The number of nitrogens with zero attached hydrogens (tertiary/aromatic N) is 4. The molecule has 0 aliphatic carbocycles. The van der Waals surface area contributed by atoms with E-state index in [1.165, 1.54) is 0 Å². The number of rotatable bonds is 4. The Morgan fingerprint density at radius 3 is 1.58 bits per heavy atom. The van der Waals surface area contributed by atoms with Crippen LogP contribution >= 0.6 is 23.5 Å². The van der Waals surface area contributed by atoms with Crippen molar-refractivity contribution in [1.29, 1.82) is 0 Å². The molecule has 4 rings (SSSR count). The Balaban J connectivity index is 1.37. The standard InChI is InChI=1S/C20H14N4S2/c1-3-9-17-15(7-1)19(23-13-21-17)25-11-5-6-12-26-20-16-8-2-4-10-18(16)22-14-24-20/h1-4,7-10,13-14H,11-12H2. The van der Waals surface area contributed by atoms with Crippen molar-refractivity contribution in [2.45, 2.75) is 10.1 Å². The predicted molar refractivity (Wildman–Crippen MR) is 108 cm³/mol. The van der Waals surface area contributed by atoms with Gasteiger partial charge in [0.15, 0.2) is 0 Å². The number of aromatic nitrogens is 4. The third-order valence-electron chi connectivity index (χ3n) is 3.70. The van der Waals surface area contributed by atoms with Crippen LogP contribution in [0.1, 0.15) is 0 Å². The average molecular weight is 374 g/mol. The molecule has 0 saturated heterocycles. The van der Waals surface area contributed by atoms with Crippen LogP contribution in [0.4, 0.5) is 0 Å². The van der Waals surface area contributed by atoms with Crippen LogP contribution in [0.25, 0.3) is 21.8 Å². The molecule has 2 heterocycles. The van der Waals surface area contributed by atoms with Gasteiger partial charge in [-0.15, -0.1) is 0 Å². The Labute approximate surface area is 159 Å². The van der Waals surface area contributed by atoms with Crippen LogP contribution in [0, 0.1) is 11.8 Å². The summed E-state index contributed by atoms with van der Waals surface area (Å²) in [7, 11) is 0. The molecule has 6 heteroatoms. The van der Waals surface area contributed by atoms with E-state index in [4.69, 9.17) is 0 Å². The molecule has 4 aromatic rings. The Bertz CT molecular complexity index is 1020. The van der Waals surface area contributed by atoms with Gasteiger partial charge in [0.05, 0.1) is 22.5 Å². The van der Waals surface area contributed by atoms with E-state index >= 15 is 0 Å². The molecule has 0 spiro atoms. The van der Waals surface area contributed by atoms with Gasteiger partial charge in [0.1, 0.15) is 22.7 Å². The second-order valence-electron chi connectivity index (χ2n) is 5.32. The summed E-state index contributed by atoms with van der Waals surface area (Å²) in [6.07, 6.45) is 3.21. The Kier molecular flexibility index (Phi) is 5.29. The molecular weight excluding hydrogens is 360 g/mol. The molecule has 126 valence electrons. The molecular formula is C20H14N4S2. The highest BCUT2D eigenvalue weighted by Crippen LogP contribution is 2.24. The molecule has 2 aromatic carbocycles. The number of hydrogen-bond donors (Lipinski definition) is 0. The van der Waals surface area contributed by atoms with Crippen molar-refractivity contribution in [2.24, 2.45) is 0 Å². The van der Waals surface area contributed by atoms with Gasteiger partial charge < -0.3 is 0 Å². The van der Waals surface area contributed by atoms with Crippen molar-refractivity contribution >= 4 is 45.3 Å². The normalized spacial score (nSPS) is 10.6. The number of fused-ring (bicyclic) bond motifs is 2. The maximum atomic E-state index is 4.37. The Morgan fingerprint density at radius 1 is 0.615 bits per heavy atom. The van der Waals surface area contributed by atoms with Crippen LogP contribution in [-0.4, -0.2) is 31.4 Å². The SMILES string of the molecule is C(#CCSc1ncnc2ccccc12)CSc1ncnc2ccccc12. The van der Waals surface area contributed by atoms with Crippen molar-refractivity contribution in [2.75, 3.05) is 11.5 Å². The third kappa shape index (κ3) is 3.79. The molecule has 0 N–H and O–H groups in total. The number of para-hydroxylation sites is 2. The Hall–Kier alpha value is -2.62. The average Bonchev–Trinajstić information content (AvgIpc) is 2.71. The van der Waals surface area contributed by atoms with Gasteiger partial charge in [-0.1, -0.05) is 71.8 Å². The van der Waals surface area contributed by atoms with Crippen LogP contribution in [0.2, 0.25) is 0 Å². The van der Waals surface area contributed by atoms with Gasteiger partial charge in [0.2, 0.25) is 0 Å². The van der Waals surface area contributed by atoms with E-state index in [1.54, 1.807) is 36.2 Å². The smallest absolute Gasteiger partial charge is 0.117 e. The van der Waals surface area contributed by atoms with Crippen molar-refractivity contribution in [3.63, 3.8) is 0 Å². The lowest BCUT2D eigenvalue weighted by molar-refractivity contribution is 1.10. The zero-order valence-corrected chi connectivity index (χ0v) is 15.4. The molecule has 26 heavy (non-hydrogen) atoms. The van der Waals surface area contributed by atoms with E-state index < -0.39 is 0 Å². The molecule has 4 nitrogen and oxygen atoms in total. The molecule has 0 aliphatic rings. The molecule has 2 aromatic heterocycles. The summed E-state index contributed by atoms with van der Waals surface area (Å²) in [5, 5.41) is 4.09. The lowest BCUT2D eigenvalue weighted by Crippen LogP contribution is -1.88. The van der Waals surface area contributed by atoms with E-state index in [1.807, 2.05) is 48.5 Å².